The van der Waals surface area contributed by atoms with Crippen LogP contribution in [-0.4, -0.2) is 28.8 Å². The maximum absolute atomic E-state index is 11.0. The van der Waals surface area contributed by atoms with E-state index < -0.39 is 4.92 Å². The number of anilines is 2. The number of aliphatic imine (C=N–C) groups is 1. The summed E-state index contributed by atoms with van der Waals surface area (Å²) in [4.78, 5) is 18.7. The summed E-state index contributed by atoms with van der Waals surface area (Å²) >= 11 is 0. The molecule has 2 N–H and O–H groups in total. The first kappa shape index (κ1) is 13.0. The van der Waals surface area contributed by atoms with Crippen molar-refractivity contribution in [2.75, 3.05) is 18.4 Å². The van der Waals surface area contributed by atoms with Gasteiger partial charge in [0.15, 0.2) is 0 Å². The van der Waals surface area contributed by atoms with E-state index in [0.717, 1.165) is 30.2 Å². The van der Waals surface area contributed by atoms with Gasteiger partial charge in [0.2, 0.25) is 0 Å². The van der Waals surface area contributed by atoms with E-state index in [1.807, 2.05) is 24.3 Å². The van der Waals surface area contributed by atoms with Crippen molar-refractivity contribution in [1.82, 2.24) is 10.3 Å². The Kier molecular flexibility index (Phi) is 3.46. The van der Waals surface area contributed by atoms with Gasteiger partial charge in [-0.25, -0.2) is 0 Å². The van der Waals surface area contributed by atoms with Crippen LogP contribution in [0.3, 0.4) is 0 Å². The molecular formula is C14H13N5O2. The third-order valence-electron chi connectivity index (χ3n) is 3.09. The molecule has 1 aromatic carbocycles. The molecule has 0 radical (unpaired) electrons. The quantitative estimate of drug-likeness (QED) is 0.662. The average molecular weight is 283 g/mol. The number of hydrogen-bond donors (Lipinski definition) is 2. The van der Waals surface area contributed by atoms with Crippen molar-refractivity contribution in [3.8, 4) is 0 Å². The molecule has 0 saturated heterocycles. The van der Waals surface area contributed by atoms with Crippen LogP contribution in [0, 0.1) is 10.1 Å². The number of rotatable bonds is 4. The number of aromatic nitrogens is 1. The fourth-order valence-corrected chi connectivity index (χ4v) is 2.13. The van der Waals surface area contributed by atoms with E-state index in [4.69, 9.17) is 0 Å². The molecule has 2 heterocycles. The summed E-state index contributed by atoms with van der Waals surface area (Å²) in [6, 6.07) is 9.16. The standard InChI is InChI=1S/C14H13N5O2/c20-19(21)13-9-15-5-4-12(13)18-11-3-1-2-10(8-11)14-16-6-7-17-14/h1-5,8-9H,6-7H2,(H,15,18)(H,16,17). The Morgan fingerprint density at radius 2 is 2.24 bits per heavy atom. The van der Waals surface area contributed by atoms with Crippen molar-refractivity contribution in [3.05, 3.63) is 58.4 Å². The molecule has 1 aromatic heterocycles. The molecule has 21 heavy (non-hydrogen) atoms. The van der Waals surface area contributed by atoms with Gasteiger partial charge in [-0.3, -0.25) is 20.1 Å². The molecule has 0 amide bonds. The Hall–Kier alpha value is -2.96. The second kappa shape index (κ2) is 5.58. The maximum atomic E-state index is 11.0. The molecule has 0 unspecified atom stereocenters. The largest absolute Gasteiger partial charge is 0.368 e. The normalized spacial score (nSPS) is 13.4. The van der Waals surface area contributed by atoms with Crippen molar-refractivity contribution < 1.29 is 4.92 Å². The van der Waals surface area contributed by atoms with E-state index in [1.54, 1.807) is 6.07 Å². The van der Waals surface area contributed by atoms with Crippen molar-refractivity contribution >= 4 is 22.9 Å². The molecule has 2 aromatic rings. The van der Waals surface area contributed by atoms with Gasteiger partial charge < -0.3 is 10.6 Å². The number of nitrogens with zero attached hydrogens (tertiary/aromatic N) is 3. The summed E-state index contributed by atoms with van der Waals surface area (Å²) in [5.41, 5.74) is 2.07. The number of nitro groups is 1. The highest BCUT2D eigenvalue weighted by atomic mass is 16.6. The fourth-order valence-electron chi connectivity index (χ4n) is 2.13. The van der Waals surface area contributed by atoms with Gasteiger partial charge in [-0.05, 0) is 18.2 Å². The van der Waals surface area contributed by atoms with Crippen molar-refractivity contribution in [1.29, 1.82) is 0 Å². The molecule has 1 aliphatic rings. The fraction of sp³-hybridized carbons (Fsp3) is 0.143. The van der Waals surface area contributed by atoms with Crippen LogP contribution >= 0.6 is 0 Å². The highest BCUT2D eigenvalue weighted by Gasteiger charge is 2.14. The molecular weight excluding hydrogens is 270 g/mol. The molecule has 0 aliphatic carbocycles. The zero-order chi connectivity index (χ0) is 14.7. The van der Waals surface area contributed by atoms with Gasteiger partial charge in [0.05, 0.1) is 11.5 Å². The minimum Gasteiger partial charge on any atom is -0.368 e. The van der Waals surface area contributed by atoms with E-state index in [2.05, 4.69) is 20.6 Å². The first-order valence-electron chi connectivity index (χ1n) is 6.48. The van der Waals surface area contributed by atoms with Gasteiger partial charge >= 0.3 is 5.69 Å². The number of benzene rings is 1. The molecule has 0 saturated carbocycles. The van der Waals surface area contributed by atoms with Crippen molar-refractivity contribution in [2.45, 2.75) is 0 Å². The Morgan fingerprint density at radius 1 is 1.33 bits per heavy atom. The SMILES string of the molecule is O=[N+]([O-])c1cnccc1Nc1cccc(C2=NCCN2)c1. The minimum absolute atomic E-state index is 0.0563. The van der Waals surface area contributed by atoms with Crippen molar-refractivity contribution in [2.24, 2.45) is 4.99 Å². The van der Waals surface area contributed by atoms with E-state index in [-0.39, 0.29) is 5.69 Å². The van der Waals surface area contributed by atoms with E-state index in [1.165, 1.54) is 12.4 Å². The summed E-state index contributed by atoms with van der Waals surface area (Å²) < 4.78 is 0. The third-order valence-corrected chi connectivity index (χ3v) is 3.09. The first-order valence-corrected chi connectivity index (χ1v) is 6.48. The maximum Gasteiger partial charge on any atom is 0.310 e. The lowest BCUT2D eigenvalue weighted by atomic mass is 10.1. The average Bonchev–Trinajstić information content (AvgIpc) is 3.02. The van der Waals surface area contributed by atoms with Crippen LogP contribution in [0.25, 0.3) is 0 Å². The summed E-state index contributed by atoms with van der Waals surface area (Å²) in [5.74, 6) is 0.850. The molecule has 7 nitrogen and oxygen atoms in total. The van der Waals surface area contributed by atoms with Crippen LogP contribution in [0.1, 0.15) is 5.56 Å². The molecule has 3 rings (SSSR count). The van der Waals surface area contributed by atoms with Crippen LogP contribution in [0.2, 0.25) is 0 Å². The van der Waals surface area contributed by atoms with Crippen LogP contribution < -0.4 is 10.6 Å². The lowest BCUT2D eigenvalue weighted by Gasteiger charge is -2.09. The Morgan fingerprint density at radius 3 is 3.00 bits per heavy atom. The smallest absolute Gasteiger partial charge is 0.310 e. The van der Waals surface area contributed by atoms with Crippen LogP contribution in [0.4, 0.5) is 17.1 Å². The van der Waals surface area contributed by atoms with Gasteiger partial charge in [-0.15, -0.1) is 0 Å². The van der Waals surface area contributed by atoms with Crippen LogP contribution in [-0.2, 0) is 0 Å². The predicted molar refractivity (Wildman–Crippen MR) is 80.0 cm³/mol. The topological polar surface area (TPSA) is 92.5 Å². The number of pyridine rings is 1. The minimum atomic E-state index is -0.457. The zero-order valence-electron chi connectivity index (χ0n) is 11.1. The number of hydrogen-bond acceptors (Lipinski definition) is 6. The number of amidine groups is 1. The third kappa shape index (κ3) is 2.81. The van der Waals surface area contributed by atoms with Gasteiger partial charge in [0.25, 0.3) is 0 Å². The molecule has 0 fully saturated rings. The Labute approximate surface area is 120 Å². The van der Waals surface area contributed by atoms with Crippen LogP contribution in [0.15, 0.2) is 47.7 Å². The highest BCUT2D eigenvalue weighted by Crippen LogP contribution is 2.26. The van der Waals surface area contributed by atoms with E-state index in [0.29, 0.717) is 5.69 Å². The highest BCUT2D eigenvalue weighted by molar-refractivity contribution is 6.00. The second-order valence-corrected chi connectivity index (χ2v) is 4.51. The summed E-state index contributed by atoms with van der Waals surface area (Å²) in [6.07, 6.45) is 2.75. The molecule has 0 atom stereocenters. The monoisotopic (exact) mass is 283 g/mol. The number of nitrogens with one attached hydrogen (secondary N) is 2. The summed E-state index contributed by atoms with van der Waals surface area (Å²) in [7, 11) is 0. The van der Waals surface area contributed by atoms with E-state index in [9.17, 15) is 10.1 Å². The Balaban J connectivity index is 1.89. The molecule has 0 bridgehead atoms. The lowest BCUT2D eigenvalue weighted by molar-refractivity contribution is -0.384. The zero-order valence-corrected chi connectivity index (χ0v) is 11.1. The summed E-state index contributed by atoms with van der Waals surface area (Å²) in [6.45, 7) is 1.60. The van der Waals surface area contributed by atoms with E-state index >= 15 is 0 Å². The first-order chi connectivity index (χ1) is 10.2. The summed E-state index contributed by atoms with van der Waals surface area (Å²) in [5, 5.41) is 17.2. The Bertz CT molecular complexity index is 714. The van der Waals surface area contributed by atoms with Gasteiger partial charge in [-0.1, -0.05) is 12.1 Å². The van der Waals surface area contributed by atoms with Gasteiger partial charge in [0.1, 0.15) is 17.7 Å². The predicted octanol–water partition coefficient (Wildman–Crippen LogP) is 2.08. The lowest BCUT2D eigenvalue weighted by Crippen LogP contribution is -2.19. The molecule has 106 valence electrons. The van der Waals surface area contributed by atoms with Gasteiger partial charge in [-0.2, -0.15) is 0 Å². The molecule has 1 aliphatic heterocycles. The second-order valence-electron chi connectivity index (χ2n) is 4.51. The van der Waals surface area contributed by atoms with Crippen LogP contribution in [0.5, 0.6) is 0 Å². The van der Waals surface area contributed by atoms with Gasteiger partial charge in [0, 0.05) is 24.0 Å². The van der Waals surface area contributed by atoms with Crippen molar-refractivity contribution in [3.63, 3.8) is 0 Å². The molecule has 0 spiro atoms. The molecule has 7 heteroatoms.